The number of hydrogen-bond donors (Lipinski definition) is 7. The zero-order valence-corrected chi connectivity index (χ0v) is 14.4. The first-order chi connectivity index (χ1) is 11.4. The Kier molecular flexibility index (Phi) is 7.34. The second-order valence-corrected chi connectivity index (χ2v) is 5.66. The number of amidine groups is 1. The first-order valence-electron chi connectivity index (χ1n) is 7.63. The standard InChI is InChI=1S/C17H24N6O.H3N/c1-17(19,20)12-6-8-13(9-7-12)22-15-5-3-2-4-14(15)16(18)23-21-10-11-24;/h2-9,21-22,24H,10-11,19-20H2,1H3,(H2,18,23);1H3. The predicted molar refractivity (Wildman–Crippen MR) is 103 cm³/mol. The van der Waals surface area contributed by atoms with Crippen LogP contribution in [-0.2, 0) is 5.66 Å². The average molecular weight is 345 g/mol. The van der Waals surface area contributed by atoms with Crippen LogP contribution < -0.4 is 34.1 Å². The van der Waals surface area contributed by atoms with Gasteiger partial charge in [-0.1, -0.05) is 24.3 Å². The van der Waals surface area contributed by atoms with Crippen LogP contribution in [0, 0.1) is 0 Å². The number of nitrogens with one attached hydrogen (secondary N) is 2. The van der Waals surface area contributed by atoms with E-state index in [0.717, 1.165) is 22.5 Å². The zero-order valence-electron chi connectivity index (χ0n) is 14.4. The van der Waals surface area contributed by atoms with Crippen LogP contribution in [0.2, 0.25) is 0 Å². The molecule has 0 amide bonds. The van der Waals surface area contributed by atoms with Crippen LogP contribution in [0.15, 0.2) is 53.6 Å². The summed E-state index contributed by atoms with van der Waals surface area (Å²) in [6.07, 6.45) is 0. The maximum absolute atomic E-state index is 8.78. The molecule has 0 aliphatic carbocycles. The van der Waals surface area contributed by atoms with Crippen LogP contribution in [0.5, 0.6) is 0 Å². The molecule has 0 fully saturated rings. The van der Waals surface area contributed by atoms with Crippen LogP contribution in [0.3, 0.4) is 0 Å². The Bertz CT molecular complexity index is 693. The molecule has 0 saturated heterocycles. The van der Waals surface area contributed by atoms with Crippen molar-refractivity contribution in [2.24, 2.45) is 22.3 Å². The van der Waals surface area contributed by atoms with Gasteiger partial charge >= 0.3 is 0 Å². The molecule has 0 aromatic heterocycles. The van der Waals surface area contributed by atoms with Crippen molar-refractivity contribution in [1.29, 1.82) is 0 Å². The van der Waals surface area contributed by atoms with Crippen molar-refractivity contribution in [3.8, 4) is 0 Å². The molecule has 0 unspecified atom stereocenters. The molecular formula is C17H27N7O. The summed E-state index contributed by atoms with van der Waals surface area (Å²) in [4.78, 5) is 0. The number of aliphatic hydroxyl groups excluding tert-OH is 1. The van der Waals surface area contributed by atoms with Crippen molar-refractivity contribution in [2.45, 2.75) is 12.6 Å². The Morgan fingerprint density at radius 2 is 1.76 bits per heavy atom. The molecule has 0 aliphatic rings. The maximum atomic E-state index is 8.78. The third-order valence-electron chi connectivity index (χ3n) is 3.41. The van der Waals surface area contributed by atoms with Gasteiger partial charge in [-0.15, -0.1) is 0 Å². The number of para-hydroxylation sites is 1. The molecule has 0 aliphatic heterocycles. The SMILES string of the molecule is CC(N)(N)c1ccc(Nc2ccccc2/C(N)=N/NCCO)cc1.N. The normalized spacial score (nSPS) is 11.6. The molecule has 0 radical (unpaired) electrons. The number of aliphatic hydroxyl groups is 1. The van der Waals surface area contributed by atoms with E-state index < -0.39 is 5.66 Å². The molecule has 136 valence electrons. The molecule has 0 atom stereocenters. The summed E-state index contributed by atoms with van der Waals surface area (Å²) >= 11 is 0. The van der Waals surface area contributed by atoms with E-state index in [2.05, 4.69) is 15.8 Å². The van der Waals surface area contributed by atoms with Crippen LogP contribution in [0.4, 0.5) is 11.4 Å². The number of nitrogens with two attached hydrogens (primary N) is 3. The fourth-order valence-corrected chi connectivity index (χ4v) is 2.13. The summed E-state index contributed by atoms with van der Waals surface area (Å²) in [6.45, 7) is 2.08. The van der Waals surface area contributed by atoms with E-state index >= 15 is 0 Å². The second kappa shape index (κ2) is 9.00. The maximum Gasteiger partial charge on any atom is 0.152 e. The minimum Gasteiger partial charge on any atom is -0.394 e. The van der Waals surface area contributed by atoms with Crippen molar-refractivity contribution < 1.29 is 5.11 Å². The molecule has 0 saturated carbocycles. The average Bonchev–Trinajstić information content (AvgIpc) is 2.55. The lowest BCUT2D eigenvalue weighted by molar-refractivity contribution is 0.293. The monoisotopic (exact) mass is 345 g/mol. The molecular weight excluding hydrogens is 318 g/mol. The summed E-state index contributed by atoms with van der Waals surface area (Å²) in [5, 5.41) is 16.1. The Balaban J connectivity index is 0.00000312. The minimum atomic E-state index is -0.869. The number of benzene rings is 2. The van der Waals surface area contributed by atoms with Gasteiger partial charge in [-0.3, -0.25) is 0 Å². The van der Waals surface area contributed by atoms with Crippen LogP contribution in [0.1, 0.15) is 18.1 Å². The fraction of sp³-hybridized carbons (Fsp3) is 0.235. The van der Waals surface area contributed by atoms with Crippen LogP contribution in [-0.4, -0.2) is 24.1 Å². The summed E-state index contributed by atoms with van der Waals surface area (Å²) in [5.74, 6) is 0.333. The molecule has 25 heavy (non-hydrogen) atoms. The fourth-order valence-electron chi connectivity index (χ4n) is 2.13. The van der Waals surface area contributed by atoms with E-state index in [0.29, 0.717) is 12.4 Å². The molecule has 8 heteroatoms. The van der Waals surface area contributed by atoms with Gasteiger partial charge in [0.1, 0.15) is 0 Å². The Hall–Kier alpha value is -2.65. The predicted octanol–water partition coefficient (Wildman–Crippen LogP) is 0.885. The third-order valence-corrected chi connectivity index (χ3v) is 3.41. The molecule has 8 nitrogen and oxygen atoms in total. The van der Waals surface area contributed by atoms with Gasteiger partial charge in [0.25, 0.3) is 0 Å². The lowest BCUT2D eigenvalue weighted by Gasteiger charge is -2.19. The van der Waals surface area contributed by atoms with Gasteiger partial charge in [0.05, 0.1) is 18.8 Å². The Morgan fingerprint density at radius 3 is 2.36 bits per heavy atom. The third kappa shape index (κ3) is 5.73. The van der Waals surface area contributed by atoms with E-state index in [-0.39, 0.29) is 12.8 Å². The lowest BCUT2D eigenvalue weighted by atomic mass is 10.0. The summed E-state index contributed by atoms with van der Waals surface area (Å²) in [6, 6.07) is 15.1. The molecule has 2 rings (SSSR count). The van der Waals surface area contributed by atoms with Crippen molar-refractivity contribution in [2.75, 3.05) is 18.5 Å². The van der Waals surface area contributed by atoms with Gasteiger partial charge in [0, 0.05) is 16.9 Å². The van der Waals surface area contributed by atoms with E-state index in [1.165, 1.54) is 0 Å². The molecule has 0 heterocycles. The minimum absolute atomic E-state index is 0. The van der Waals surface area contributed by atoms with E-state index in [1.54, 1.807) is 6.92 Å². The van der Waals surface area contributed by atoms with Gasteiger partial charge in [0.15, 0.2) is 5.84 Å². The number of hydrazone groups is 1. The molecule has 0 bridgehead atoms. The topological polar surface area (TPSA) is 170 Å². The summed E-state index contributed by atoms with van der Waals surface area (Å²) in [7, 11) is 0. The number of nitrogens with zero attached hydrogens (tertiary/aromatic N) is 1. The van der Waals surface area contributed by atoms with Crippen molar-refractivity contribution in [1.82, 2.24) is 11.6 Å². The molecule has 0 spiro atoms. The van der Waals surface area contributed by atoms with Gasteiger partial charge in [-0.05, 0) is 36.8 Å². The molecule has 2 aromatic carbocycles. The highest BCUT2D eigenvalue weighted by molar-refractivity contribution is 6.02. The Morgan fingerprint density at radius 1 is 1.12 bits per heavy atom. The summed E-state index contributed by atoms with van der Waals surface area (Å²) in [5.41, 5.74) is 22.9. The largest absolute Gasteiger partial charge is 0.394 e. The highest BCUT2D eigenvalue weighted by Gasteiger charge is 2.14. The van der Waals surface area contributed by atoms with Crippen LogP contribution in [0.25, 0.3) is 0 Å². The first kappa shape index (κ1) is 20.4. The highest BCUT2D eigenvalue weighted by Crippen LogP contribution is 2.22. The first-order valence-corrected chi connectivity index (χ1v) is 7.63. The van der Waals surface area contributed by atoms with E-state index in [9.17, 15) is 0 Å². The Labute approximate surface area is 147 Å². The van der Waals surface area contributed by atoms with Crippen molar-refractivity contribution in [3.05, 3.63) is 59.7 Å². The van der Waals surface area contributed by atoms with E-state index in [1.807, 2.05) is 48.5 Å². The van der Waals surface area contributed by atoms with Crippen molar-refractivity contribution in [3.63, 3.8) is 0 Å². The van der Waals surface area contributed by atoms with E-state index in [4.69, 9.17) is 22.3 Å². The molecule has 2 aromatic rings. The van der Waals surface area contributed by atoms with Crippen molar-refractivity contribution >= 4 is 17.2 Å². The summed E-state index contributed by atoms with van der Waals surface area (Å²) < 4.78 is 0. The van der Waals surface area contributed by atoms with Gasteiger partial charge < -0.3 is 39.2 Å². The zero-order chi connectivity index (χ0) is 17.6. The van der Waals surface area contributed by atoms with Gasteiger partial charge in [-0.2, -0.15) is 5.10 Å². The number of hydrogen-bond acceptors (Lipinski definition) is 7. The van der Waals surface area contributed by atoms with Crippen LogP contribution >= 0.6 is 0 Å². The number of anilines is 2. The second-order valence-electron chi connectivity index (χ2n) is 5.66. The smallest absolute Gasteiger partial charge is 0.152 e. The molecule has 12 N–H and O–H groups in total. The number of rotatable bonds is 7. The lowest BCUT2D eigenvalue weighted by Crippen LogP contribution is -2.42. The van der Waals surface area contributed by atoms with Gasteiger partial charge in [0.2, 0.25) is 0 Å². The highest BCUT2D eigenvalue weighted by atomic mass is 16.3. The quantitative estimate of drug-likeness (QED) is 0.128. The van der Waals surface area contributed by atoms with Gasteiger partial charge in [-0.25, -0.2) is 0 Å².